The van der Waals surface area contributed by atoms with Gasteiger partial charge in [-0.25, -0.2) is 0 Å². The number of phenols is 1. The fourth-order valence-electron chi connectivity index (χ4n) is 1.47. The highest BCUT2D eigenvalue weighted by atomic mass is 28.4. The van der Waals surface area contributed by atoms with Crippen LogP contribution >= 0.6 is 0 Å². The molecule has 1 aromatic carbocycles. The van der Waals surface area contributed by atoms with E-state index in [0.717, 1.165) is 11.1 Å². The SMILES string of the molecule is C[Si](C)(C)OCc1cccc(CO[Si](C)(C)C)c1O. The van der Waals surface area contributed by atoms with Gasteiger partial charge in [-0.2, -0.15) is 0 Å². The number of benzene rings is 1. The second-order valence-corrected chi connectivity index (χ2v) is 15.8. The van der Waals surface area contributed by atoms with Crippen molar-refractivity contribution in [3.8, 4) is 5.75 Å². The highest BCUT2D eigenvalue weighted by Gasteiger charge is 2.18. The predicted molar refractivity (Wildman–Crippen MR) is 84.4 cm³/mol. The molecule has 0 saturated carbocycles. The van der Waals surface area contributed by atoms with Crippen molar-refractivity contribution in [3.63, 3.8) is 0 Å². The Morgan fingerprint density at radius 2 is 1.21 bits per heavy atom. The topological polar surface area (TPSA) is 38.7 Å². The molecule has 5 heteroatoms. The van der Waals surface area contributed by atoms with Gasteiger partial charge in [0, 0.05) is 11.1 Å². The van der Waals surface area contributed by atoms with E-state index in [0.29, 0.717) is 19.0 Å². The molecular weight excluding hydrogens is 272 g/mol. The average molecular weight is 299 g/mol. The maximum atomic E-state index is 10.3. The Kier molecular flexibility index (Phi) is 5.37. The highest BCUT2D eigenvalue weighted by Crippen LogP contribution is 2.25. The second-order valence-electron chi connectivity index (χ2n) is 6.73. The van der Waals surface area contributed by atoms with E-state index in [4.69, 9.17) is 8.85 Å². The standard InChI is InChI=1S/C14H26O3Si2/c1-18(2,3)16-10-12-8-7-9-13(14(12)15)11-17-19(4,5)6/h7-9,15H,10-11H2,1-6H3. The van der Waals surface area contributed by atoms with Crippen molar-refractivity contribution >= 4 is 16.6 Å². The normalized spacial score (nSPS) is 12.7. The molecule has 0 aliphatic heterocycles. The van der Waals surface area contributed by atoms with E-state index in [2.05, 4.69) is 39.3 Å². The van der Waals surface area contributed by atoms with Gasteiger partial charge in [-0.3, -0.25) is 0 Å². The van der Waals surface area contributed by atoms with E-state index in [1.807, 2.05) is 18.2 Å². The lowest BCUT2D eigenvalue weighted by molar-refractivity contribution is 0.280. The van der Waals surface area contributed by atoms with Crippen LogP contribution in [0, 0.1) is 0 Å². The maximum Gasteiger partial charge on any atom is 0.184 e. The van der Waals surface area contributed by atoms with Crippen LogP contribution in [0.15, 0.2) is 18.2 Å². The first-order chi connectivity index (χ1) is 8.58. The van der Waals surface area contributed by atoms with Gasteiger partial charge < -0.3 is 14.0 Å². The van der Waals surface area contributed by atoms with Crippen LogP contribution in [0.2, 0.25) is 39.3 Å². The molecule has 1 N–H and O–H groups in total. The third-order valence-corrected chi connectivity index (χ3v) is 4.55. The van der Waals surface area contributed by atoms with Crippen molar-refractivity contribution in [1.29, 1.82) is 0 Å². The summed E-state index contributed by atoms with van der Waals surface area (Å²) in [6, 6.07) is 5.77. The molecule has 0 unspecified atom stereocenters. The molecule has 0 aliphatic carbocycles. The molecule has 0 atom stereocenters. The Morgan fingerprint density at radius 3 is 1.53 bits per heavy atom. The fourth-order valence-corrected chi connectivity index (χ4v) is 2.64. The lowest BCUT2D eigenvalue weighted by Gasteiger charge is -2.20. The molecule has 0 spiro atoms. The molecule has 1 rings (SSSR count). The molecule has 0 bridgehead atoms. The van der Waals surface area contributed by atoms with Crippen LogP contribution in [-0.4, -0.2) is 21.7 Å². The van der Waals surface area contributed by atoms with Crippen LogP contribution in [0.25, 0.3) is 0 Å². The molecule has 0 aliphatic rings. The van der Waals surface area contributed by atoms with Crippen LogP contribution in [0.3, 0.4) is 0 Å². The summed E-state index contributed by atoms with van der Waals surface area (Å²) < 4.78 is 11.7. The predicted octanol–water partition coefficient (Wildman–Crippen LogP) is 4.10. The number of rotatable bonds is 6. The van der Waals surface area contributed by atoms with E-state index in [-0.39, 0.29) is 0 Å². The summed E-state index contributed by atoms with van der Waals surface area (Å²) >= 11 is 0. The van der Waals surface area contributed by atoms with Gasteiger partial charge in [0.2, 0.25) is 0 Å². The smallest absolute Gasteiger partial charge is 0.184 e. The Morgan fingerprint density at radius 1 is 0.842 bits per heavy atom. The summed E-state index contributed by atoms with van der Waals surface area (Å²) in [6.07, 6.45) is 0. The number of aromatic hydroxyl groups is 1. The van der Waals surface area contributed by atoms with Crippen LogP contribution < -0.4 is 0 Å². The molecular formula is C14H26O3Si2. The van der Waals surface area contributed by atoms with Gasteiger partial charge in [-0.1, -0.05) is 18.2 Å². The second kappa shape index (κ2) is 6.22. The molecule has 0 amide bonds. The van der Waals surface area contributed by atoms with Crippen molar-refractivity contribution in [2.75, 3.05) is 0 Å². The molecule has 0 aromatic heterocycles. The largest absolute Gasteiger partial charge is 0.507 e. The Balaban J connectivity index is 2.75. The number of hydrogen-bond donors (Lipinski definition) is 1. The summed E-state index contributed by atoms with van der Waals surface area (Å²) in [7, 11) is -3.13. The van der Waals surface area contributed by atoms with E-state index in [1.54, 1.807) is 0 Å². The molecule has 0 saturated heterocycles. The molecule has 0 fully saturated rings. The van der Waals surface area contributed by atoms with Crippen molar-refractivity contribution in [2.45, 2.75) is 52.5 Å². The van der Waals surface area contributed by atoms with Crippen LogP contribution in [0.4, 0.5) is 0 Å². The molecule has 0 heterocycles. The lowest BCUT2D eigenvalue weighted by atomic mass is 10.1. The van der Waals surface area contributed by atoms with Gasteiger partial charge in [-0.15, -0.1) is 0 Å². The van der Waals surface area contributed by atoms with Gasteiger partial charge in [0.05, 0.1) is 13.2 Å². The highest BCUT2D eigenvalue weighted by molar-refractivity contribution is 6.70. The molecule has 3 nitrogen and oxygen atoms in total. The van der Waals surface area contributed by atoms with Crippen LogP contribution in [0.1, 0.15) is 11.1 Å². The Bertz CT molecular complexity index is 383. The van der Waals surface area contributed by atoms with E-state index in [9.17, 15) is 5.11 Å². The third-order valence-electron chi connectivity index (χ3n) is 2.52. The van der Waals surface area contributed by atoms with Crippen LogP contribution in [-0.2, 0) is 22.1 Å². The van der Waals surface area contributed by atoms with Crippen molar-refractivity contribution in [1.82, 2.24) is 0 Å². The zero-order valence-electron chi connectivity index (χ0n) is 12.9. The van der Waals surface area contributed by atoms with Crippen LogP contribution in [0.5, 0.6) is 5.75 Å². The third kappa shape index (κ3) is 6.38. The number of hydrogen-bond acceptors (Lipinski definition) is 3. The molecule has 108 valence electrons. The minimum absolute atomic E-state index is 0.319. The first-order valence-electron chi connectivity index (χ1n) is 6.66. The summed E-state index contributed by atoms with van der Waals surface area (Å²) in [5.41, 5.74) is 1.69. The Hall–Kier alpha value is -0.626. The number of para-hydroxylation sites is 1. The molecule has 19 heavy (non-hydrogen) atoms. The van der Waals surface area contributed by atoms with Crippen molar-refractivity contribution < 1.29 is 14.0 Å². The maximum absolute atomic E-state index is 10.3. The molecule has 0 radical (unpaired) electrons. The average Bonchev–Trinajstić information content (AvgIpc) is 2.23. The summed E-state index contributed by atoms with van der Waals surface area (Å²) in [5, 5.41) is 10.3. The Labute approximate surface area is 118 Å². The fraction of sp³-hybridized carbons (Fsp3) is 0.571. The summed E-state index contributed by atoms with van der Waals surface area (Å²) in [6.45, 7) is 13.8. The first-order valence-corrected chi connectivity index (χ1v) is 13.5. The van der Waals surface area contributed by atoms with E-state index >= 15 is 0 Å². The van der Waals surface area contributed by atoms with E-state index < -0.39 is 16.6 Å². The van der Waals surface area contributed by atoms with Crippen molar-refractivity contribution in [3.05, 3.63) is 29.3 Å². The minimum atomic E-state index is -1.56. The first kappa shape index (κ1) is 16.4. The van der Waals surface area contributed by atoms with Gasteiger partial charge in [-0.05, 0) is 39.3 Å². The summed E-state index contributed by atoms with van der Waals surface area (Å²) in [5.74, 6) is 0.319. The lowest BCUT2D eigenvalue weighted by Crippen LogP contribution is -2.25. The van der Waals surface area contributed by atoms with Gasteiger partial charge in [0.25, 0.3) is 0 Å². The van der Waals surface area contributed by atoms with Gasteiger partial charge >= 0.3 is 0 Å². The number of phenolic OH excluding ortho intramolecular Hbond substituents is 1. The van der Waals surface area contributed by atoms with Crippen molar-refractivity contribution in [2.24, 2.45) is 0 Å². The zero-order valence-corrected chi connectivity index (χ0v) is 14.9. The quantitative estimate of drug-likeness (QED) is 0.804. The minimum Gasteiger partial charge on any atom is -0.507 e. The van der Waals surface area contributed by atoms with Gasteiger partial charge in [0.1, 0.15) is 5.75 Å². The van der Waals surface area contributed by atoms with Gasteiger partial charge in [0.15, 0.2) is 16.6 Å². The van der Waals surface area contributed by atoms with E-state index in [1.165, 1.54) is 0 Å². The summed E-state index contributed by atoms with van der Waals surface area (Å²) in [4.78, 5) is 0. The monoisotopic (exact) mass is 298 g/mol. The molecule has 1 aromatic rings. The zero-order chi connectivity index (χ0) is 14.7.